The predicted octanol–water partition coefficient (Wildman–Crippen LogP) is 1.46. The average Bonchev–Trinajstić information content (AvgIpc) is 2.81. The van der Waals surface area contributed by atoms with Crippen molar-refractivity contribution in [3.05, 3.63) is 11.3 Å². The second kappa shape index (κ2) is 4.23. The molecule has 1 atom stereocenters. The van der Waals surface area contributed by atoms with Crippen LogP contribution < -0.4 is 5.73 Å². The number of aryl methyl sites for hydroxylation is 1. The Morgan fingerprint density at radius 2 is 2.40 bits per heavy atom. The Morgan fingerprint density at radius 1 is 1.60 bits per heavy atom. The fraction of sp³-hybridized carbons (Fsp3) is 0.727. The van der Waals surface area contributed by atoms with Crippen molar-refractivity contribution in [3.8, 4) is 0 Å². The van der Waals surface area contributed by atoms with Gasteiger partial charge in [0.15, 0.2) is 0 Å². The summed E-state index contributed by atoms with van der Waals surface area (Å²) in [5.41, 5.74) is 8.41. The zero-order valence-corrected chi connectivity index (χ0v) is 9.49. The molecule has 1 aromatic heterocycles. The highest BCUT2D eigenvalue weighted by Crippen LogP contribution is 2.30. The monoisotopic (exact) mass is 209 g/mol. The van der Waals surface area contributed by atoms with E-state index in [1.165, 1.54) is 5.56 Å². The van der Waals surface area contributed by atoms with Crippen molar-refractivity contribution in [1.82, 2.24) is 9.78 Å². The summed E-state index contributed by atoms with van der Waals surface area (Å²) < 4.78 is 7.19. The van der Waals surface area contributed by atoms with Crippen LogP contribution in [0.2, 0.25) is 0 Å². The number of nitrogens with zero attached hydrogens (tertiary/aromatic N) is 2. The molecule has 0 amide bonds. The van der Waals surface area contributed by atoms with E-state index >= 15 is 0 Å². The zero-order chi connectivity index (χ0) is 10.8. The lowest BCUT2D eigenvalue weighted by atomic mass is 9.98. The van der Waals surface area contributed by atoms with Gasteiger partial charge in [-0.1, -0.05) is 13.3 Å². The first-order valence-corrected chi connectivity index (χ1v) is 5.63. The highest BCUT2D eigenvalue weighted by atomic mass is 16.5. The minimum Gasteiger partial charge on any atom is -0.384 e. The molecular formula is C11H19N3O. The number of hydrogen-bond acceptors (Lipinski definition) is 3. The smallest absolute Gasteiger partial charge is 0.124 e. The normalized spacial score (nSPS) is 21.1. The quantitative estimate of drug-likeness (QED) is 0.820. The van der Waals surface area contributed by atoms with Crippen molar-refractivity contribution < 1.29 is 4.74 Å². The lowest BCUT2D eigenvalue weighted by Crippen LogP contribution is -2.02. The van der Waals surface area contributed by atoms with E-state index in [-0.39, 0.29) is 0 Å². The molecule has 1 aliphatic heterocycles. The van der Waals surface area contributed by atoms with Gasteiger partial charge in [0, 0.05) is 25.1 Å². The highest BCUT2D eigenvalue weighted by molar-refractivity contribution is 5.45. The zero-order valence-electron chi connectivity index (χ0n) is 9.49. The van der Waals surface area contributed by atoms with Gasteiger partial charge in [-0.2, -0.15) is 5.10 Å². The van der Waals surface area contributed by atoms with E-state index in [0.717, 1.165) is 44.0 Å². The van der Waals surface area contributed by atoms with Gasteiger partial charge < -0.3 is 10.5 Å². The molecule has 15 heavy (non-hydrogen) atoms. The molecule has 1 fully saturated rings. The lowest BCUT2D eigenvalue weighted by molar-refractivity contribution is 0.193. The van der Waals surface area contributed by atoms with Gasteiger partial charge in [-0.05, 0) is 12.8 Å². The number of nitrogen functional groups attached to an aromatic ring is 1. The Hall–Kier alpha value is -1.03. The molecule has 2 N–H and O–H groups in total. The average molecular weight is 209 g/mol. The maximum absolute atomic E-state index is 6.02. The van der Waals surface area contributed by atoms with Crippen LogP contribution in [0.15, 0.2) is 0 Å². The van der Waals surface area contributed by atoms with Crippen LogP contribution in [0.25, 0.3) is 0 Å². The summed E-state index contributed by atoms with van der Waals surface area (Å²) in [6.07, 6.45) is 3.20. The molecule has 2 heterocycles. The molecule has 0 aromatic carbocycles. The minimum atomic E-state index is 0.454. The van der Waals surface area contributed by atoms with Crippen molar-refractivity contribution in [3.63, 3.8) is 0 Å². The molecule has 1 unspecified atom stereocenters. The van der Waals surface area contributed by atoms with Gasteiger partial charge in [-0.25, -0.2) is 0 Å². The summed E-state index contributed by atoms with van der Waals surface area (Å²) in [4.78, 5) is 0. The fourth-order valence-electron chi connectivity index (χ4n) is 2.19. The number of nitrogens with two attached hydrogens (primary N) is 1. The van der Waals surface area contributed by atoms with E-state index in [9.17, 15) is 0 Å². The van der Waals surface area contributed by atoms with E-state index in [4.69, 9.17) is 10.5 Å². The summed E-state index contributed by atoms with van der Waals surface area (Å²) in [5.74, 6) is 1.27. The largest absolute Gasteiger partial charge is 0.384 e. The predicted molar refractivity (Wildman–Crippen MR) is 59.8 cm³/mol. The molecule has 1 aromatic rings. The van der Waals surface area contributed by atoms with Gasteiger partial charge in [0.05, 0.1) is 12.3 Å². The summed E-state index contributed by atoms with van der Waals surface area (Å²) in [6.45, 7) is 3.82. The maximum atomic E-state index is 6.02. The van der Waals surface area contributed by atoms with Crippen LogP contribution in [-0.4, -0.2) is 23.0 Å². The lowest BCUT2D eigenvalue weighted by Gasteiger charge is -2.06. The van der Waals surface area contributed by atoms with E-state index in [0.29, 0.717) is 5.92 Å². The Kier molecular flexibility index (Phi) is 2.95. The van der Waals surface area contributed by atoms with Crippen LogP contribution in [0, 0.1) is 0 Å². The first-order valence-electron chi connectivity index (χ1n) is 5.63. The van der Waals surface area contributed by atoms with Gasteiger partial charge >= 0.3 is 0 Å². The van der Waals surface area contributed by atoms with E-state index < -0.39 is 0 Å². The maximum Gasteiger partial charge on any atom is 0.124 e. The van der Waals surface area contributed by atoms with Crippen LogP contribution in [0.1, 0.15) is 36.9 Å². The summed E-state index contributed by atoms with van der Waals surface area (Å²) in [5, 5.41) is 4.52. The standard InChI is InChI=1S/C11H19N3O/c1-3-4-9-10(8-5-6-15-7-8)13-14(2)11(9)12/h8H,3-7,12H2,1-2H3. The molecule has 1 aliphatic rings. The molecule has 0 radical (unpaired) electrons. The molecule has 4 nitrogen and oxygen atoms in total. The first-order chi connectivity index (χ1) is 7.24. The van der Waals surface area contributed by atoms with Crippen molar-refractivity contribution >= 4 is 5.82 Å². The van der Waals surface area contributed by atoms with Gasteiger partial charge in [0.1, 0.15) is 5.82 Å². The molecule has 0 saturated carbocycles. The number of hydrogen-bond donors (Lipinski definition) is 1. The second-order valence-electron chi connectivity index (χ2n) is 4.18. The van der Waals surface area contributed by atoms with Gasteiger partial charge in [0.2, 0.25) is 0 Å². The molecule has 84 valence electrons. The topological polar surface area (TPSA) is 53.1 Å². The SMILES string of the molecule is CCCc1c(C2CCOC2)nn(C)c1N. The highest BCUT2D eigenvalue weighted by Gasteiger charge is 2.25. The second-order valence-corrected chi connectivity index (χ2v) is 4.18. The Balaban J connectivity index is 2.31. The van der Waals surface area contributed by atoms with E-state index in [2.05, 4.69) is 12.0 Å². The van der Waals surface area contributed by atoms with Crippen LogP contribution >= 0.6 is 0 Å². The van der Waals surface area contributed by atoms with E-state index in [1.807, 2.05) is 7.05 Å². The molecule has 1 saturated heterocycles. The summed E-state index contributed by atoms with van der Waals surface area (Å²) >= 11 is 0. The summed E-state index contributed by atoms with van der Waals surface area (Å²) in [6, 6.07) is 0. The van der Waals surface area contributed by atoms with E-state index in [1.54, 1.807) is 4.68 Å². The number of anilines is 1. The number of rotatable bonds is 3. The molecule has 0 spiro atoms. The third-order valence-electron chi connectivity index (χ3n) is 3.04. The van der Waals surface area contributed by atoms with Crippen LogP contribution in [0.3, 0.4) is 0 Å². The molecule has 0 aliphatic carbocycles. The van der Waals surface area contributed by atoms with Gasteiger partial charge in [-0.3, -0.25) is 4.68 Å². The fourth-order valence-corrected chi connectivity index (χ4v) is 2.19. The van der Waals surface area contributed by atoms with Gasteiger partial charge in [0.25, 0.3) is 0 Å². The Bertz CT molecular complexity index is 340. The van der Waals surface area contributed by atoms with Gasteiger partial charge in [-0.15, -0.1) is 0 Å². The Morgan fingerprint density at radius 3 is 3.00 bits per heavy atom. The Labute approximate surface area is 90.4 Å². The molecule has 4 heteroatoms. The number of ether oxygens (including phenoxy) is 1. The molecular weight excluding hydrogens is 190 g/mol. The third kappa shape index (κ3) is 1.86. The first kappa shape index (κ1) is 10.5. The third-order valence-corrected chi connectivity index (χ3v) is 3.04. The van der Waals surface area contributed by atoms with Crippen molar-refractivity contribution in [2.75, 3.05) is 18.9 Å². The van der Waals surface area contributed by atoms with Crippen molar-refractivity contribution in [1.29, 1.82) is 0 Å². The van der Waals surface area contributed by atoms with Crippen LogP contribution in [0.4, 0.5) is 5.82 Å². The van der Waals surface area contributed by atoms with Crippen LogP contribution in [0.5, 0.6) is 0 Å². The molecule has 0 bridgehead atoms. The minimum absolute atomic E-state index is 0.454. The summed E-state index contributed by atoms with van der Waals surface area (Å²) in [7, 11) is 1.91. The van der Waals surface area contributed by atoms with Crippen LogP contribution in [-0.2, 0) is 18.2 Å². The van der Waals surface area contributed by atoms with Crippen molar-refractivity contribution in [2.45, 2.75) is 32.1 Å². The molecule has 2 rings (SSSR count). The van der Waals surface area contributed by atoms with Crippen molar-refractivity contribution in [2.24, 2.45) is 7.05 Å². The number of aromatic nitrogens is 2.